The molecule has 1 atom stereocenters. The maximum Gasteiger partial charge on any atom is 0.414 e. The van der Waals surface area contributed by atoms with E-state index in [1.165, 1.54) is 21.7 Å². The molecule has 2 aliphatic rings. The maximum absolute atomic E-state index is 13.4. The lowest BCUT2D eigenvalue weighted by Crippen LogP contribution is -2.49. The quantitative estimate of drug-likeness (QED) is 0.592. The van der Waals surface area contributed by atoms with Crippen LogP contribution in [0.1, 0.15) is 59.8 Å². The molecule has 0 radical (unpaired) electrons. The molecular weight excluding hydrogens is 498 g/mol. The standard InChI is InChI=1S/C22H27N3O6S3/c1-2-31-22(28)24-20(27)18-14-8-3-4-10-16(14)33-21(18)23-19(26)15-9-5-6-12-25(15)34(29,30)17-11-7-13-32-17/h7,11,13,15H,2-6,8-10,12H2,1H3,(H,23,26)(H,24,27,28). The zero-order valence-electron chi connectivity index (χ0n) is 18.8. The second kappa shape index (κ2) is 10.5. The van der Waals surface area contributed by atoms with Crippen LogP contribution in [-0.4, -0.2) is 49.8 Å². The van der Waals surface area contributed by atoms with E-state index in [1.54, 1.807) is 18.4 Å². The highest BCUT2D eigenvalue weighted by molar-refractivity contribution is 7.91. The van der Waals surface area contributed by atoms with Crippen LogP contribution in [0.2, 0.25) is 0 Å². The number of nitrogens with one attached hydrogen (secondary N) is 2. The number of hydrogen-bond donors (Lipinski definition) is 2. The van der Waals surface area contributed by atoms with Crippen LogP contribution >= 0.6 is 22.7 Å². The number of aryl methyl sites for hydroxylation is 1. The molecule has 3 heterocycles. The summed E-state index contributed by atoms with van der Waals surface area (Å²) in [5, 5.41) is 7.10. The number of carbonyl (C=O) groups is 3. The first kappa shape index (κ1) is 24.8. The third-order valence-corrected chi connectivity index (χ3v) is 10.4. The van der Waals surface area contributed by atoms with Gasteiger partial charge in [-0.1, -0.05) is 12.5 Å². The second-order valence-electron chi connectivity index (χ2n) is 8.14. The topological polar surface area (TPSA) is 122 Å². The molecule has 0 spiro atoms. The fourth-order valence-corrected chi connectivity index (χ4v) is 8.46. The Morgan fingerprint density at radius 3 is 2.71 bits per heavy atom. The van der Waals surface area contributed by atoms with E-state index >= 15 is 0 Å². The number of carbonyl (C=O) groups excluding carboxylic acids is 3. The van der Waals surface area contributed by atoms with Gasteiger partial charge >= 0.3 is 6.09 Å². The van der Waals surface area contributed by atoms with Crippen molar-refractivity contribution in [2.75, 3.05) is 18.5 Å². The first-order valence-corrected chi connectivity index (χ1v) is 14.5. The first-order valence-electron chi connectivity index (χ1n) is 11.3. The number of rotatable bonds is 6. The minimum Gasteiger partial charge on any atom is -0.450 e. The Labute approximate surface area is 206 Å². The molecule has 1 aliphatic heterocycles. The van der Waals surface area contributed by atoms with E-state index in [-0.39, 0.29) is 22.9 Å². The number of sulfonamides is 1. The van der Waals surface area contributed by atoms with Crippen LogP contribution in [0.4, 0.5) is 9.80 Å². The molecular formula is C22H27N3O6S3. The van der Waals surface area contributed by atoms with Crippen molar-refractivity contribution >= 4 is 55.6 Å². The number of thiophene rings is 2. The van der Waals surface area contributed by atoms with Gasteiger partial charge in [0, 0.05) is 11.4 Å². The van der Waals surface area contributed by atoms with Crippen LogP contribution in [-0.2, 0) is 32.4 Å². The van der Waals surface area contributed by atoms with E-state index < -0.39 is 34.0 Å². The molecule has 2 N–H and O–H groups in total. The molecule has 0 saturated carbocycles. The third kappa shape index (κ3) is 5.04. The van der Waals surface area contributed by atoms with E-state index in [0.29, 0.717) is 24.3 Å². The van der Waals surface area contributed by atoms with Crippen molar-refractivity contribution in [3.63, 3.8) is 0 Å². The number of amides is 3. The lowest BCUT2D eigenvalue weighted by atomic mass is 9.95. The maximum atomic E-state index is 13.4. The largest absolute Gasteiger partial charge is 0.450 e. The second-order valence-corrected chi connectivity index (χ2v) is 12.3. The summed E-state index contributed by atoms with van der Waals surface area (Å²) in [6.45, 7) is 2.03. The van der Waals surface area contributed by atoms with E-state index in [0.717, 1.165) is 47.5 Å². The van der Waals surface area contributed by atoms with Crippen LogP contribution < -0.4 is 10.6 Å². The predicted molar refractivity (Wildman–Crippen MR) is 130 cm³/mol. The minimum atomic E-state index is -3.80. The van der Waals surface area contributed by atoms with Gasteiger partial charge in [-0.2, -0.15) is 4.31 Å². The van der Waals surface area contributed by atoms with Gasteiger partial charge in [-0.15, -0.1) is 22.7 Å². The van der Waals surface area contributed by atoms with Crippen LogP contribution in [0.3, 0.4) is 0 Å². The third-order valence-electron chi connectivity index (χ3n) is 5.94. The van der Waals surface area contributed by atoms with Gasteiger partial charge in [-0.05, 0) is 62.5 Å². The van der Waals surface area contributed by atoms with Crippen LogP contribution in [0, 0.1) is 0 Å². The Hall–Kier alpha value is -2.28. The number of ether oxygens (including phenoxy) is 1. The monoisotopic (exact) mass is 525 g/mol. The van der Waals surface area contributed by atoms with Crippen molar-refractivity contribution in [1.82, 2.24) is 9.62 Å². The minimum absolute atomic E-state index is 0.126. The Bertz CT molecular complexity index is 1170. The molecule has 1 fully saturated rings. The molecule has 1 unspecified atom stereocenters. The van der Waals surface area contributed by atoms with Crippen LogP contribution in [0.25, 0.3) is 0 Å². The number of fused-ring (bicyclic) bond motifs is 1. The molecule has 0 bridgehead atoms. The fourth-order valence-electron chi connectivity index (χ4n) is 4.39. The summed E-state index contributed by atoms with van der Waals surface area (Å²) >= 11 is 2.44. The lowest BCUT2D eigenvalue weighted by molar-refractivity contribution is -0.120. The van der Waals surface area contributed by atoms with Gasteiger partial charge < -0.3 is 10.1 Å². The number of alkyl carbamates (subject to hydrolysis) is 1. The number of hydrogen-bond acceptors (Lipinski definition) is 8. The Morgan fingerprint density at radius 2 is 1.97 bits per heavy atom. The highest BCUT2D eigenvalue weighted by Gasteiger charge is 2.39. The summed E-state index contributed by atoms with van der Waals surface area (Å²) in [7, 11) is -3.80. The van der Waals surface area contributed by atoms with Crippen molar-refractivity contribution < 1.29 is 27.5 Å². The number of imide groups is 1. The molecule has 2 aromatic rings. The summed E-state index contributed by atoms with van der Waals surface area (Å²) in [4.78, 5) is 39.2. The SMILES string of the molecule is CCOC(=O)NC(=O)c1c(NC(=O)C2CCCCN2S(=O)(=O)c2cccs2)sc2c1CCCC2. The lowest BCUT2D eigenvalue weighted by Gasteiger charge is -2.33. The molecule has 12 heteroatoms. The zero-order valence-corrected chi connectivity index (χ0v) is 21.2. The van der Waals surface area contributed by atoms with Gasteiger partial charge in [0.05, 0.1) is 12.2 Å². The number of anilines is 1. The van der Waals surface area contributed by atoms with Crippen LogP contribution in [0.15, 0.2) is 21.7 Å². The van der Waals surface area contributed by atoms with Gasteiger partial charge in [-0.25, -0.2) is 13.2 Å². The van der Waals surface area contributed by atoms with Crippen molar-refractivity contribution in [1.29, 1.82) is 0 Å². The zero-order chi connectivity index (χ0) is 24.3. The normalized spacial score (nSPS) is 18.7. The average molecular weight is 526 g/mol. The highest BCUT2D eigenvalue weighted by atomic mass is 32.2. The van der Waals surface area contributed by atoms with Crippen molar-refractivity contribution in [2.24, 2.45) is 0 Å². The van der Waals surface area contributed by atoms with E-state index in [9.17, 15) is 22.8 Å². The van der Waals surface area contributed by atoms with Crippen molar-refractivity contribution in [3.05, 3.63) is 33.5 Å². The summed E-state index contributed by atoms with van der Waals surface area (Å²) in [5.74, 6) is -1.09. The van der Waals surface area contributed by atoms with Gasteiger partial charge in [-0.3, -0.25) is 14.9 Å². The molecule has 0 aromatic carbocycles. The summed E-state index contributed by atoms with van der Waals surface area (Å²) in [5.41, 5.74) is 1.10. The van der Waals surface area contributed by atoms with Gasteiger partial charge in [0.15, 0.2) is 0 Å². The first-order chi connectivity index (χ1) is 16.3. The van der Waals surface area contributed by atoms with Gasteiger partial charge in [0.2, 0.25) is 5.91 Å². The van der Waals surface area contributed by atoms with Crippen LogP contribution in [0.5, 0.6) is 0 Å². The van der Waals surface area contributed by atoms with Crippen molar-refractivity contribution in [3.8, 4) is 0 Å². The summed E-state index contributed by atoms with van der Waals surface area (Å²) in [6.07, 6.45) is 4.31. The summed E-state index contributed by atoms with van der Waals surface area (Å²) in [6, 6.07) is 2.33. The summed E-state index contributed by atoms with van der Waals surface area (Å²) < 4.78 is 32.7. The molecule has 1 aliphatic carbocycles. The predicted octanol–water partition coefficient (Wildman–Crippen LogP) is 3.76. The smallest absolute Gasteiger partial charge is 0.414 e. The molecule has 184 valence electrons. The number of nitrogens with zero attached hydrogens (tertiary/aromatic N) is 1. The van der Waals surface area contributed by atoms with Gasteiger partial charge in [0.25, 0.3) is 15.9 Å². The molecule has 4 rings (SSSR count). The molecule has 1 saturated heterocycles. The number of piperidine rings is 1. The Balaban J connectivity index is 1.61. The van der Waals surface area contributed by atoms with E-state index in [1.807, 2.05) is 0 Å². The van der Waals surface area contributed by atoms with Gasteiger partial charge in [0.1, 0.15) is 15.3 Å². The molecule has 3 amide bonds. The van der Waals surface area contributed by atoms with E-state index in [2.05, 4.69) is 10.6 Å². The Morgan fingerprint density at radius 1 is 1.18 bits per heavy atom. The fraction of sp³-hybridized carbons (Fsp3) is 0.500. The Kier molecular flexibility index (Phi) is 7.70. The highest BCUT2D eigenvalue weighted by Crippen LogP contribution is 2.39. The average Bonchev–Trinajstić information content (AvgIpc) is 3.47. The molecule has 2 aromatic heterocycles. The van der Waals surface area contributed by atoms with E-state index in [4.69, 9.17) is 4.74 Å². The molecule has 34 heavy (non-hydrogen) atoms. The molecule has 9 nitrogen and oxygen atoms in total. The van der Waals surface area contributed by atoms with Crippen molar-refractivity contribution in [2.45, 2.75) is 62.1 Å².